The molecular weight excluding hydrogens is 229 g/mol. The summed E-state index contributed by atoms with van der Waals surface area (Å²) in [6, 6.07) is 4.16. The molecule has 1 heterocycles. The second kappa shape index (κ2) is 5.49. The van der Waals surface area contributed by atoms with E-state index in [-0.39, 0.29) is 12.0 Å². The Bertz CT molecular complexity index is 363. The predicted molar refractivity (Wildman–Crippen MR) is 60.8 cm³/mol. The van der Waals surface area contributed by atoms with Gasteiger partial charge in [-0.25, -0.2) is 4.98 Å². The summed E-state index contributed by atoms with van der Waals surface area (Å²) in [6.07, 6.45) is -3.63. The Morgan fingerprint density at radius 1 is 1.35 bits per heavy atom. The maximum atomic E-state index is 12.5. The third-order valence-electron chi connectivity index (χ3n) is 2.94. The molecule has 2 atom stereocenters. The molecule has 1 aromatic heterocycles. The molecule has 1 rings (SSSR count). The van der Waals surface area contributed by atoms with Crippen LogP contribution in [0.4, 0.5) is 13.2 Å². The summed E-state index contributed by atoms with van der Waals surface area (Å²) in [5.74, 6) is -0.0118. The molecule has 0 aromatic carbocycles. The van der Waals surface area contributed by atoms with Crippen LogP contribution in [0.1, 0.15) is 37.6 Å². The highest BCUT2D eigenvalue weighted by atomic mass is 19.4. The van der Waals surface area contributed by atoms with Gasteiger partial charge < -0.3 is 5.32 Å². The van der Waals surface area contributed by atoms with Gasteiger partial charge in [0.15, 0.2) is 0 Å². The van der Waals surface area contributed by atoms with Gasteiger partial charge >= 0.3 is 6.18 Å². The van der Waals surface area contributed by atoms with Crippen molar-refractivity contribution in [1.82, 2.24) is 10.3 Å². The standard InChI is InChI=1S/C12H17F3N2/c1-4-9(8(2)16-3)10-6-5-7-11(17-10)12(13,14)15/h5-9,16H,4H2,1-3H3. The molecule has 0 spiro atoms. The predicted octanol–water partition coefficient (Wildman–Crippen LogP) is 3.20. The van der Waals surface area contributed by atoms with Crippen molar-refractivity contribution >= 4 is 0 Å². The van der Waals surface area contributed by atoms with Gasteiger partial charge in [-0.2, -0.15) is 13.2 Å². The zero-order valence-electron chi connectivity index (χ0n) is 10.2. The second-order valence-electron chi connectivity index (χ2n) is 4.04. The number of aromatic nitrogens is 1. The van der Waals surface area contributed by atoms with Crippen LogP contribution in [0.5, 0.6) is 0 Å². The Balaban J connectivity index is 3.05. The molecular formula is C12H17F3N2. The molecule has 5 heteroatoms. The highest BCUT2D eigenvalue weighted by Crippen LogP contribution is 2.29. The zero-order valence-corrected chi connectivity index (χ0v) is 10.2. The molecule has 1 aromatic rings. The number of pyridine rings is 1. The van der Waals surface area contributed by atoms with Crippen molar-refractivity contribution in [2.24, 2.45) is 0 Å². The molecule has 0 aliphatic heterocycles. The molecule has 0 fully saturated rings. The molecule has 1 N–H and O–H groups in total. The summed E-state index contributed by atoms with van der Waals surface area (Å²) in [7, 11) is 1.79. The molecule has 2 unspecified atom stereocenters. The smallest absolute Gasteiger partial charge is 0.317 e. The van der Waals surface area contributed by atoms with Gasteiger partial charge in [0, 0.05) is 17.7 Å². The quantitative estimate of drug-likeness (QED) is 0.882. The van der Waals surface area contributed by atoms with Crippen molar-refractivity contribution in [1.29, 1.82) is 0 Å². The fourth-order valence-corrected chi connectivity index (χ4v) is 1.84. The van der Waals surface area contributed by atoms with Gasteiger partial charge in [-0.05, 0) is 32.5 Å². The number of rotatable bonds is 4. The Kier molecular flexibility index (Phi) is 4.51. The van der Waals surface area contributed by atoms with Gasteiger partial charge in [-0.3, -0.25) is 0 Å². The van der Waals surface area contributed by atoms with Crippen LogP contribution >= 0.6 is 0 Å². The van der Waals surface area contributed by atoms with Crippen LogP contribution in [0, 0.1) is 0 Å². The van der Waals surface area contributed by atoms with E-state index in [1.165, 1.54) is 6.07 Å². The first-order valence-corrected chi connectivity index (χ1v) is 5.61. The lowest BCUT2D eigenvalue weighted by atomic mass is 9.94. The van der Waals surface area contributed by atoms with Gasteiger partial charge in [-0.15, -0.1) is 0 Å². The van der Waals surface area contributed by atoms with Crippen molar-refractivity contribution in [3.05, 3.63) is 29.6 Å². The van der Waals surface area contributed by atoms with E-state index >= 15 is 0 Å². The van der Waals surface area contributed by atoms with Gasteiger partial charge in [0.25, 0.3) is 0 Å². The van der Waals surface area contributed by atoms with Crippen LogP contribution in [0.25, 0.3) is 0 Å². The Morgan fingerprint density at radius 3 is 2.47 bits per heavy atom. The van der Waals surface area contributed by atoms with E-state index in [0.717, 1.165) is 12.5 Å². The number of alkyl halides is 3. The zero-order chi connectivity index (χ0) is 13.1. The fourth-order valence-electron chi connectivity index (χ4n) is 1.84. The second-order valence-corrected chi connectivity index (χ2v) is 4.04. The first-order chi connectivity index (χ1) is 7.90. The highest BCUT2D eigenvalue weighted by molar-refractivity contribution is 5.18. The van der Waals surface area contributed by atoms with E-state index in [9.17, 15) is 13.2 Å². The van der Waals surface area contributed by atoms with Crippen molar-refractivity contribution in [2.45, 2.75) is 38.4 Å². The summed E-state index contributed by atoms with van der Waals surface area (Å²) < 4.78 is 37.6. The number of hydrogen-bond acceptors (Lipinski definition) is 2. The largest absolute Gasteiger partial charge is 0.433 e. The maximum absolute atomic E-state index is 12.5. The average molecular weight is 246 g/mol. The fraction of sp³-hybridized carbons (Fsp3) is 0.583. The van der Waals surface area contributed by atoms with Crippen molar-refractivity contribution in [3.63, 3.8) is 0 Å². The molecule has 0 aliphatic rings. The van der Waals surface area contributed by atoms with E-state index in [2.05, 4.69) is 10.3 Å². The van der Waals surface area contributed by atoms with E-state index in [4.69, 9.17) is 0 Å². The Hall–Kier alpha value is -1.10. The summed E-state index contributed by atoms with van der Waals surface area (Å²) in [5.41, 5.74) is -0.332. The lowest BCUT2D eigenvalue weighted by Gasteiger charge is -2.22. The minimum absolute atomic E-state index is 0.0118. The molecule has 0 amide bonds. The van der Waals surface area contributed by atoms with E-state index in [0.29, 0.717) is 5.69 Å². The lowest BCUT2D eigenvalue weighted by molar-refractivity contribution is -0.141. The molecule has 96 valence electrons. The average Bonchev–Trinajstić information content (AvgIpc) is 2.29. The lowest BCUT2D eigenvalue weighted by Crippen LogP contribution is -2.29. The topological polar surface area (TPSA) is 24.9 Å². The molecule has 2 nitrogen and oxygen atoms in total. The minimum Gasteiger partial charge on any atom is -0.317 e. The minimum atomic E-state index is -4.38. The maximum Gasteiger partial charge on any atom is 0.433 e. The Morgan fingerprint density at radius 2 is 2.00 bits per heavy atom. The number of nitrogens with one attached hydrogen (secondary N) is 1. The third-order valence-corrected chi connectivity index (χ3v) is 2.94. The summed E-state index contributed by atoms with van der Waals surface area (Å²) in [6.45, 7) is 3.89. The third kappa shape index (κ3) is 3.43. The van der Waals surface area contributed by atoms with Crippen LogP contribution in [0.3, 0.4) is 0 Å². The van der Waals surface area contributed by atoms with Gasteiger partial charge in [0.05, 0.1) is 0 Å². The van der Waals surface area contributed by atoms with Gasteiger partial charge in [0.1, 0.15) is 5.69 Å². The van der Waals surface area contributed by atoms with Crippen molar-refractivity contribution in [2.75, 3.05) is 7.05 Å². The summed E-state index contributed by atoms with van der Waals surface area (Å²) in [4.78, 5) is 3.72. The molecule has 0 saturated carbocycles. The van der Waals surface area contributed by atoms with E-state index < -0.39 is 11.9 Å². The first-order valence-electron chi connectivity index (χ1n) is 5.61. The molecule has 0 radical (unpaired) electrons. The number of hydrogen-bond donors (Lipinski definition) is 1. The number of nitrogens with zero attached hydrogens (tertiary/aromatic N) is 1. The highest BCUT2D eigenvalue weighted by Gasteiger charge is 2.33. The SMILES string of the molecule is CCC(c1cccc(C(F)(F)F)n1)C(C)NC. The van der Waals surface area contributed by atoms with Gasteiger partial charge in [0.2, 0.25) is 0 Å². The first kappa shape index (κ1) is 14.0. The van der Waals surface area contributed by atoms with Crippen LogP contribution in [0.15, 0.2) is 18.2 Å². The number of likely N-dealkylation sites (N-methyl/N-ethyl adjacent to an activating group) is 1. The molecule has 0 bridgehead atoms. The van der Waals surface area contributed by atoms with E-state index in [1.54, 1.807) is 13.1 Å². The van der Waals surface area contributed by atoms with Crippen LogP contribution < -0.4 is 5.32 Å². The van der Waals surface area contributed by atoms with Gasteiger partial charge in [-0.1, -0.05) is 13.0 Å². The molecule has 0 saturated heterocycles. The monoisotopic (exact) mass is 246 g/mol. The normalized spacial score (nSPS) is 15.6. The summed E-state index contributed by atoms with van der Waals surface area (Å²) >= 11 is 0. The summed E-state index contributed by atoms with van der Waals surface area (Å²) in [5, 5.41) is 3.05. The Labute approximate surface area is 99.3 Å². The number of halogens is 3. The molecule has 0 aliphatic carbocycles. The van der Waals surface area contributed by atoms with Crippen LogP contribution in [-0.2, 0) is 6.18 Å². The van der Waals surface area contributed by atoms with E-state index in [1.807, 2.05) is 13.8 Å². The van der Waals surface area contributed by atoms with Crippen molar-refractivity contribution in [3.8, 4) is 0 Å². The molecule has 17 heavy (non-hydrogen) atoms. The van der Waals surface area contributed by atoms with Crippen molar-refractivity contribution < 1.29 is 13.2 Å². The van der Waals surface area contributed by atoms with Crippen LogP contribution in [0.2, 0.25) is 0 Å². The van der Waals surface area contributed by atoms with Crippen LogP contribution in [-0.4, -0.2) is 18.1 Å².